The van der Waals surface area contributed by atoms with E-state index < -0.39 is 10.0 Å². The molecule has 0 radical (unpaired) electrons. The SMILES string of the molecule is CCCCOCCNS(=O)(=O)c1cc(CN)n(C)c1. The Labute approximate surface area is 115 Å². The van der Waals surface area contributed by atoms with Crippen LogP contribution in [0, 0.1) is 0 Å². The van der Waals surface area contributed by atoms with Gasteiger partial charge in [0.25, 0.3) is 0 Å². The first-order valence-corrected chi connectivity index (χ1v) is 7.92. The van der Waals surface area contributed by atoms with Gasteiger partial charge in [0.15, 0.2) is 0 Å². The highest BCUT2D eigenvalue weighted by Crippen LogP contribution is 2.12. The van der Waals surface area contributed by atoms with Crippen molar-refractivity contribution in [2.45, 2.75) is 31.2 Å². The third kappa shape index (κ3) is 4.94. The number of aryl methyl sites for hydroxylation is 1. The summed E-state index contributed by atoms with van der Waals surface area (Å²) < 4.78 is 33.5. The minimum Gasteiger partial charge on any atom is -0.380 e. The Balaban J connectivity index is 2.47. The lowest BCUT2D eigenvalue weighted by atomic mass is 10.4. The Morgan fingerprint density at radius 3 is 2.74 bits per heavy atom. The molecule has 3 N–H and O–H groups in total. The maximum Gasteiger partial charge on any atom is 0.242 e. The molecule has 110 valence electrons. The van der Waals surface area contributed by atoms with E-state index >= 15 is 0 Å². The summed E-state index contributed by atoms with van der Waals surface area (Å²) in [6, 6.07) is 1.58. The molecule has 0 aliphatic rings. The van der Waals surface area contributed by atoms with E-state index in [1.165, 1.54) is 0 Å². The normalized spacial score (nSPS) is 11.9. The van der Waals surface area contributed by atoms with Crippen LogP contribution in [-0.2, 0) is 28.4 Å². The van der Waals surface area contributed by atoms with Crippen LogP contribution in [0.3, 0.4) is 0 Å². The number of nitrogens with two attached hydrogens (primary N) is 1. The van der Waals surface area contributed by atoms with Gasteiger partial charge in [-0.3, -0.25) is 0 Å². The lowest BCUT2D eigenvalue weighted by molar-refractivity contribution is 0.136. The van der Waals surface area contributed by atoms with Crippen LogP contribution in [0.4, 0.5) is 0 Å². The van der Waals surface area contributed by atoms with Crippen LogP contribution in [0.5, 0.6) is 0 Å². The van der Waals surface area contributed by atoms with Crippen molar-refractivity contribution in [1.82, 2.24) is 9.29 Å². The summed E-state index contributed by atoms with van der Waals surface area (Å²) in [6.07, 6.45) is 3.62. The van der Waals surface area contributed by atoms with Crippen molar-refractivity contribution in [3.8, 4) is 0 Å². The van der Waals surface area contributed by atoms with Gasteiger partial charge in [-0.15, -0.1) is 0 Å². The molecule has 1 rings (SSSR count). The monoisotopic (exact) mass is 289 g/mol. The van der Waals surface area contributed by atoms with Crippen molar-refractivity contribution in [3.63, 3.8) is 0 Å². The van der Waals surface area contributed by atoms with E-state index in [2.05, 4.69) is 11.6 Å². The zero-order valence-electron chi connectivity index (χ0n) is 11.6. The van der Waals surface area contributed by atoms with Crippen molar-refractivity contribution in [2.75, 3.05) is 19.8 Å². The number of sulfonamides is 1. The quantitative estimate of drug-likeness (QED) is 0.651. The molecule has 0 spiro atoms. The lowest BCUT2D eigenvalue weighted by Crippen LogP contribution is -2.27. The number of nitrogens with one attached hydrogen (secondary N) is 1. The van der Waals surface area contributed by atoms with Crippen molar-refractivity contribution < 1.29 is 13.2 Å². The second-order valence-corrected chi connectivity index (χ2v) is 6.11. The molecule has 0 amide bonds. The molecule has 1 heterocycles. The molecule has 1 aromatic heterocycles. The summed E-state index contributed by atoms with van der Waals surface area (Å²) in [5.41, 5.74) is 6.30. The van der Waals surface area contributed by atoms with Gasteiger partial charge in [-0.2, -0.15) is 0 Å². The standard InChI is InChI=1S/C12H23N3O3S/c1-3-4-6-18-7-5-14-19(16,17)12-8-11(9-13)15(2)10-12/h8,10,14H,3-7,9,13H2,1-2H3. The number of ether oxygens (including phenoxy) is 1. The van der Waals surface area contributed by atoms with Gasteiger partial charge in [0.05, 0.1) is 11.5 Å². The van der Waals surface area contributed by atoms with Crippen molar-refractivity contribution in [3.05, 3.63) is 18.0 Å². The van der Waals surface area contributed by atoms with Gasteiger partial charge >= 0.3 is 0 Å². The van der Waals surface area contributed by atoms with Gasteiger partial charge in [0.2, 0.25) is 10.0 Å². The van der Waals surface area contributed by atoms with Gasteiger partial charge < -0.3 is 15.0 Å². The predicted octanol–water partition coefficient (Wildman–Crippen LogP) is 0.579. The van der Waals surface area contributed by atoms with Crippen LogP contribution < -0.4 is 10.5 Å². The molecule has 0 fully saturated rings. The van der Waals surface area contributed by atoms with Gasteiger partial charge in [-0.25, -0.2) is 13.1 Å². The highest BCUT2D eigenvalue weighted by atomic mass is 32.2. The Bertz CT molecular complexity index is 482. The molecule has 0 bridgehead atoms. The zero-order chi connectivity index (χ0) is 14.3. The van der Waals surface area contributed by atoms with E-state index in [9.17, 15) is 8.42 Å². The van der Waals surface area contributed by atoms with Gasteiger partial charge in [-0.1, -0.05) is 13.3 Å². The third-order valence-corrected chi connectivity index (χ3v) is 4.21. The largest absolute Gasteiger partial charge is 0.380 e. The molecule has 0 aliphatic heterocycles. The Kier molecular flexibility index (Phi) is 6.50. The summed E-state index contributed by atoms with van der Waals surface area (Å²) >= 11 is 0. The maximum atomic E-state index is 12.0. The molecule has 7 heteroatoms. The molecule has 0 aromatic carbocycles. The molecule has 0 saturated carbocycles. The van der Waals surface area contributed by atoms with Crippen LogP contribution in [0.1, 0.15) is 25.5 Å². The first kappa shape index (κ1) is 16.2. The molecule has 19 heavy (non-hydrogen) atoms. The highest BCUT2D eigenvalue weighted by Gasteiger charge is 2.16. The summed E-state index contributed by atoms with van der Waals surface area (Å²) in [6.45, 7) is 3.72. The van der Waals surface area contributed by atoms with Crippen molar-refractivity contribution >= 4 is 10.0 Å². The van der Waals surface area contributed by atoms with Crippen molar-refractivity contribution in [2.24, 2.45) is 12.8 Å². The van der Waals surface area contributed by atoms with E-state index in [0.29, 0.717) is 19.8 Å². The second-order valence-electron chi connectivity index (χ2n) is 4.35. The molecule has 0 saturated heterocycles. The molecule has 0 unspecified atom stereocenters. The van der Waals surface area contributed by atoms with E-state index in [4.69, 9.17) is 10.5 Å². The number of aromatic nitrogens is 1. The average Bonchev–Trinajstić information content (AvgIpc) is 2.76. The predicted molar refractivity (Wildman–Crippen MR) is 74.2 cm³/mol. The Morgan fingerprint density at radius 2 is 2.16 bits per heavy atom. The number of unbranched alkanes of at least 4 members (excludes halogenated alkanes) is 1. The Morgan fingerprint density at radius 1 is 1.42 bits per heavy atom. The molecular weight excluding hydrogens is 266 g/mol. The fraction of sp³-hybridized carbons (Fsp3) is 0.667. The van der Waals surface area contributed by atoms with Gasteiger partial charge in [-0.05, 0) is 12.5 Å². The van der Waals surface area contributed by atoms with Crippen LogP contribution in [0.2, 0.25) is 0 Å². The topological polar surface area (TPSA) is 86.3 Å². The second kappa shape index (κ2) is 7.64. The summed E-state index contributed by atoms with van der Waals surface area (Å²) in [5, 5.41) is 0. The summed E-state index contributed by atoms with van der Waals surface area (Å²) in [5.74, 6) is 0. The number of rotatable bonds is 9. The third-order valence-electron chi connectivity index (χ3n) is 2.78. The highest BCUT2D eigenvalue weighted by molar-refractivity contribution is 7.89. The van der Waals surface area contributed by atoms with Gasteiger partial charge in [0, 0.05) is 38.6 Å². The number of hydrogen-bond acceptors (Lipinski definition) is 4. The minimum atomic E-state index is -3.47. The maximum absolute atomic E-state index is 12.0. The smallest absolute Gasteiger partial charge is 0.242 e. The molecule has 6 nitrogen and oxygen atoms in total. The van der Waals surface area contributed by atoms with E-state index in [1.807, 2.05) is 0 Å². The number of hydrogen-bond donors (Lipinski definition) is 2. The van der Waals surface area contributed by atoms with E-state index in [1.54, 1.807) is 23.9 Å². The van der Waals surface area contributed by atoms with Crippen LogP contribution in [0.25, 0.3) is 0 Å². The number of nitrogens with zero attached hydrogens (tertiary/aromatic N) is 1. The molecule has 0 aliphatic carbocycles. The lowest BCUT2D eigenvalue weighted by Gasteiger charge is -2.05. The minimum absolute atomic E-state index is 0.240. The molecule has 0 atom stereocenters. The summed E-state index contributed by atoms with van der Waals surface area (Å²) in [4.78, 5) is 0.240. The van der Waals surface area contributed by atoms with E-state index in [-0.39, 0.29) is 11.4 Å². The van der Waals surface area contributed by atoms with E-state index in [0.717, 1.165) is 18.5 Å². The van der Waals surface area contributed by atoms with Crippen molar-refractivity contribution in [1.29, 1.82) is 0 Å². The zero-order valence-corrected chi connectivity index (χ0v) is 12.4. The van der Waals surface area contributed by atoms with Crippen LogP contribution >= 0.6 is 0 Å². The van der Waals surface area contributed by atoms with Crippen LogP contribution in [0.15, 0.2) is 17.2 Å². The Hall–Kier alpha value is -0.890. The van der Waals surface area contributed by atoms with Gasteiger partial charge in [0.1, 0.15) is 0 Å². The average molecular weight is 289 g/mol. The summed E-state index contributed by atoms with van der Waals surface area (Å²) in [7, 11) is -1.70. The fourth-order valence-electron chi connectivity index (χ4n) is 1.61. The first-order valence-electron chi connectivity index (χ1n) is 6.44. The van der Waals surface area contributed by atoms with Crippen LogP contribution in [-0.4, -0.2) is 32.7 Å². The first-order chi connectivity index (χ1) is 9.01. The fourth-order valence-corrected chi connectivity index (χ4v) is 2.71. The molecule has 1 aromatic rings. The molecular formula is C12H23N3O3S.